The van der Waals surface area contributed by atoms with Crippen LogP contribution in [-0.4, -0.2) is 34.1 Å². The zero-order valence-electron chi connectivity index (χ0n) is 15.2. The van der Waals surface area contributed by atoms with E-state index in [9.17, 15) is 13.2 Å². The number of carbonyl (C=O) groups excluding carboxylic acids is 1. The molecule has 1 atom stereocenters. The van der Waals surface area contributed by atoms with E-state index in [-0.39, 0.29) is 23.3 Å². The zero-order chi connectivity index (χ0) is 20.3. The van der Waals surface area contributed by atoms with Gasteiger partial charge in [-0.05, 0) is 59.3 Å². The largest absolute Gasteiger partial charge is 0.450 e. The lowest BCUT2D eigenvalue weighted by Crippen LogP contribution is -2.35. The van der Waals surface area contributed by atoms with Crippen LogP contribution in [0.4, 0.5) is 5.69 Å². The lowest BCUT2D eigenvalue weighted by atomic mass is 10.2. The second-order valence-corrected chi connectivity index (χ2v) is 8.79. The summed E-state index contributed by atoms with van der Waals surface area (Å²) in [6.07, 6.45) is 0. The van der Waals surface area contributed by atoms with E-state index in [1.54, 1.807) is 13.0 Å². The predicted octanol–water partition coefficient (Wildman–Crippen LogP) is 3.76. The van der Waals surface area contributed by atoms with Crippen molar-refractivity contribution in [1.29, 1.82) is 0 Å². The Hall–Kier alpha value is -2.20. The molecule has 0 saturated heterocycles. The van der Waals surface area contributed by atoms with Crippen LogP contribution in [0.1, 0.15) is 17.5 Å². The first-order valence-electron chi connectivity index (χ1n) is 8.41. The molecule has 0 aliphatic rings. The fourth-order valence-electron chi connectivity index (χ4n) is 2.67. The minimum atomic E-state index is -3.67. The van der Waals surface area contributed by atoms with Gasteiger partial charge in [-0.25, -0.2) is 13.1 Å². The molecule has 0 bridgehead atoms. The summed E-state index contributed by atoms with van der Waals surface area (Å²) in [4.78, 5) is 12.5. The number of hydrogen-bond acceptors (Lipinski definition) is 5. The average molecular weight is 467 g/mol. The summed E-state index contributed by atoms with van der Waals surface area (Å²) in [5.74, 6) is -0.265. The van der Waals surface area contributed by atoms with Crippen LogP contribution in [-0.2, 0) is 14.8 Å². The Bertz CT molecular complexity index is 1090. The van der Waals surface area contributed by atoms with Crippen LogP contribution in [0.5, 0.6) is 0 Å². The number of para-hydroxylation sites is 1. The Morgan fingerprint density at radius 3 is 2.57 bits per heavy atom. The van der Waals surface area contributed by atoms with Crippen LogP contribution in [0.2, 0.25) is 0 Å². The van der Waals surface area contributed by atoms with E-state index >= 15 is 0 Å². The van der Waals surface area contributed by atoms with E-state index in [2.05, 4.69) is 26.0 Å². The van der Waals surface area contributed by atoms with E-state index in [1.165, 1.54) is 31.4 Å². The minimum Gasteiger partial charge on any atom is -0.450 e. The van der Waals surface area contributed by atoms with Gasteiger partial charge in [-0.1, -0.05) is 12.1 Å². The summed E-state index contributed by atoms with van der Waals surface area (Å²) in [7, 11) is -2.16. The van der Waals surface area contributed by atoms with Gasteiger partial charge in [-0.2, -0.15) is 0 Å². The normalized spacial score (nSPS) is 12.8. The number of fused-ring (bicyclic) bond motifs is 1. The van der Waals surface area contributed by atoms with Gasteiger partial charge < -0.3 is 14.5 Å². The molecule has 0 saturated carbocycles. The Labute approximate surface area is 171 Å². The topological polar surface area (TPSA) is 97.6 Å². The maximum absolute atomic E-state index is 12.4. The first-order chi connectivity index (χ1) is 13.3. The van der Waals surface area contributed by atoms with Crippen LogP contribution >= 0.6 is 15.9 Å². The Kier molecular flexibility index (Phi) is 6.19. The van der Waals surface area contributed by atoms with E-state index < -0.39 is 15.9 Å². The number of nitrogens with one attached hydrogen (secondary N) is 2. The molecule has 2 aromatic carbocycles. The van der Waals surface area contributed by atoms with Crippen LogP contribution in [0.25, 0.3) is 11.0 Å². The summed E-state index contributed by atoms with van der Waals surface area (Å²) < 4.78 is 38.5. The molecule has 1 unspecified atom stereocenters. The van der Waals surface area contributed by atoms with E-state index in [4.69, 9.17) is 9.15 Å². The highest BCUT2D eigenvalue weighted by molar-refractivity contribution is 9.10. The summed E-state index contributed by atoms with van der Waals surface area (Å²) in [6, 6.07) is 12.7. The van der Waals surface area contributed by atoms with Crippen LogP contribution in [0.3, 0.4) is 0 Å². The van der Waals surface area contributed by atoms with Crippen molar-refractivity contribution in [3.8, 4) is 0 Å². The number of amides is 1. The van der Waals surface area contributed by atoms with Crippen molar-refractivity contribution < 1.29 is 22.4 Å². The minimum absolute atomic E-state index is 0.0983. The molecule has 1 aromatic heterocycles. The van der Waals surface area contributed by atoms with Gasteiger partial charge in [0.15, 0.2) is 5.76 Å². The number of halogens is 1. The maximum Gasteiger partial charge on any atom is 0.291 e. The number of furan rings is 1. The number of methoxy groups -OCH3 is 1. The molecule has 9 heteroatoms. The van der Waals surface area contributed by atoms with Crippen LogP contribution < -0.4 is 10.0 Å². The van der Waals surface area contributed by atoms with Gasteiger partial charge in [0.2, 0.25) is 10.0 Å². The van der Waals surface area contributed by atoms with Crippen molar-refractivity contribution in [1.82, 2.24) is 4.72 Å². The van der Waals surface area contributed by atoms with Crippen molar-refractivity contribution in [3.05, 3.63) is 58.8 Å². The van der Waals surface area contributed by atoms with Crippen molar-refractivity contribution in [2.75, 3.05) is 19.0 Å². The number of benzene rings is 2. The van der Waals surface area contributed by atoms with Crippen LogP contribution in [0, 0.1) is 0 Å². The molecule has 1 amide bonds. The number of carbonyl (C=O) groups is 1. The van der Waals surface area contributed by atoms with Crippen molar-refractivity contribution >= 4 is 48.5 Å². The first-order valence-corrected chi connectivity index (χ1v) is 10.7. The predicted molar refractivity (Wildman–Crippen MR) is 110 cm³/mol. The van der Waals surface area contributed by atoms with Crippen molar-refractivity contribution in [2.45, 2.75) is 17.9 Å². The molecular weight excluding hydrogens is 448 g/mol. The molecule has 7 nitrogen and oxygen atoms in total. The molecule has 28 heavy (non-hydrogen) atoms. The average Bonchev–Trinajstić information content (AvgIpc) is 3.08. The fraction of sp³-hybridized carbons (Fsp3) is 0.211. The second kappa shape index (κ2) is 8.44. The van der Waals surface area contributed by atoms with Gasteiger partial charge in [0, 0.05) is 24.2 Å². The molecule has 2 N–H and O–H groups in total. The number of sulfonamides is 1. The monoisotopic (exact) mass is 466 g/mol. The highest BCUT2D eigenvalue weighted by Gasteiger charge is 2.18. The van der Waals surface area contributed by atoms with E-state index in [0.717, 1.165) is 9.86 Å². The van der Waals surface area contributed by atoms with Crippen molar-refractivity contribution in [3.63, 3.8) is 0 Å². The molecule has 1 heterocycles. The number of hydrogen-bond donors (Lipinski definition) is 2. The van der Waals surface area contributed by atoms with Gasteiger partial charge in [0.25, 0.3) is 5.91 Å². The van der Waals surface area contributed by atoms with Gasteiger partial charge >= 0.3 is 0 Å². The van der Waals surface area contributed by atoms with Crippen molar-refractivity contribution in [2.24, 2.45) is 0 Å². The van der Waals surface area contributed by atoms with Gasteiger partial charge in [0.05, 0.1) is 16.0 Å². The molecule has 0 radical (unpaired) electrons. The highest BCUT2D eigenvalue weighted by Crippen LogP contribution is 2.27. The Morgan fingerprint density at radius 2 is 1.93 bits per heavy atom. The van der Waals surface area contributed by atoms with E-state index in [1.807, 2.05) is 18.2 Å². The third-order valence-electron chi connectivity index (χ3n) is 3.92. The summed E-state index contributed by atoms with van der Waals surface area (Å²) in [5.41, 5.74) is 1.04. The lowest BCUT2D eigenvalue weighted by Gasteiger charge is -2.13. The lowest BCUT2D eigenvalue weighted by molar-refractivity contribution is 0.0998. The molecule has 3 aromatic rings. The third-order valence-corrected chi connectivity index (χ3v) is 6.15. The summed E-state index contributed by atoms with van der Waals surface area (Å²) in [5, 5.41) is 3.50. The third kappa shape index (κ3) is 4.61. The molecule has 0 aliphatic heterocycles. The number of rotatable bonds is 7. The molecule has 0 fully saturated rings. The molecule has 3 rings (SSSR count). The van der Waals surface area contributed by atoms with Gasteiger partial charge in [-0.3, -0.25) is 4.79 Å². The van der Waals surface area contributed by atoms with Gasteiger partial charge in [-0.15, -0.1) is 0 Å². The summed E-state index contributed by atoms with van der Waals surface area (Å²) in [6.45, 7) is 1.97. The number of anilines is 1. The standard InChI is InChI=1S/C19H19BrN2O5S/c1-12(11-26-2)22-28(24,25)15-8-6-14(7-9-15)21-19(23)17-10-13-4-3-5-16(20)18(13)27-17/h3-10,12,22H,11H2,1-2H3,(H,21,23). The highest BCUT2D eigenvalue weighted by atomic mass is 79.9. The molecule has 0 spiro atoms. The zero-order valence-corrected chi connectivity index (χ0v) is 17.6. The first kappa shape index (κ1) is 20.5. The summed E-state index contributed by atoms with van der Waals surface area (Å²) >= 11 is 3.38. The molecule has 148 valence electrons. The van der Waals surface area contributed by atoms with E-state index in [0.29, 0.717) is 11.3 Å². The SMILES string of the molecule is COCC(C)NS(=O)(=O)c1ccc(NC(=O)c2cc3cccc(Br)c3o2)cc1. The smallest absolute Gasteiger partial charge is 0.291 e. The molecular formula is C19H19BrN2O5S. The second-order valence-electron chi connectivity index (χ2n) is 6.23. The van der Waals surface area contributed by atoms with Crippen LogP contribution in [0.15, 0.2) is 62.3 Å². The number of ether oxygens (including phenoxy) is 1. The van der Waals surface area contributed by atoms with Gasteiger partial charge in [0.1, 0.15) is 5.58 Å². The Balaban J connectivity index is 1.73. The quantitative estimate of drug-likeness (QED) is 0.552. The fourth-order valence-corrected chi connectivity index (χ4v) is 4.36. The Morgan fingerprint density at radius 1 is 1.21 bits per heavy atom. The maximum atomic E-state index is 12.4. The molecule has 0 aliphatic carbocycles.